The van der Waals surface area contributed by atoms with E-state index in [9.17, 15) is 18.4 Å². The summed E-state index contributed by atoms with van der Waals surface area (Å²) in [5, 5.41) is 3.44. The van der Waals surface area contributed by atoms with Crippen LogP contribution in [0.5, 0.6) is 0 Å². The third-order valence-corrected chi connectivity index (χ3v) is 5.07. The molecule has 9 heteroatoms. The molecule has 4 rings (SSSR count). The SMILES string of the molecule is C[C@H](Nc1cccc(N2CCOC2=O)c1F)c1cc2cc(Cl)c(F)cc2[nH]c1=O. The van der Waals surface area contributed by atoms with Gasteiger partial charge in [0.05, 0.1) is 34.5 Å². The van der Waals surface area contributed by atoms with Gasteiger partial charge in [-0.25, -0.2) is 13.6 Å². The first-order chi connectivity index (χ1) is 13.8. The van der Waals surface area contributed by atoms with Crippen LogP contribution in [-0.4, -0.2) is 24.2 Å². The van der Waals surface area contributed by atoms with Crippen LogP contribution in [0.1, 0.15) is 18.5 Å². The molecule has 0 saturated carbocycles. The highest BCUT2D eigenvalue weighted by Crippen LogP contribution is 2.30. The van der Waals surface area contributed by atoms with Crippen LogP contribution in [0.2, 0.25) is 5.02 Å². The summed E-state index contributed by atoms with van der Waals surface area (Å²) in [6.45, 7) is 2.15. The first-order valence-corrected chi connectivity index (χ1v) is 9.24. The van der Waals surface area contributed by atoms with Crippen molar-refractivity contribution in [2.75, 3.05) is 23.4 Å². The standard InChI is InChI=1S/C20H16ClF2N3O3/c1-10(12-7-11-8-13(21)14(22)9-16(11)25-19(12)27)24-15-3-2-4-17(18(15)23)26-5-6-29-20(26)28/h2-4,7-10,24H,5-6H2,1H3,(H,25,27)/t10-/m0/s1. The van der Waals surface area contributed by atoms with Gasteiger partial charge in [0.2, 0.25) is 0 Å². The molecule has 0 unspecified atom stereocenters. The Morgan fingerprint density at radius 3 is 2.76 bits per heavy atom. The van der Waals surface area contributed by atoms with E-state index in [4.69, 9.17) is 16.3 Å². The summed E-state index contributed by atoms with van der Waals surface area (Å²) < 4.78 is 33.4. The molecule has 2 aromatic carbocycles. The third kappa shape index (κ3) is 3.51. The summed E-state index contributed by atoms with van der Waals surface area (Å²) in [7, 11) is 0. The average Bonchev–Trinajstić information content (AvgIpc) is 3.10. The Hall–Kier alpha value is -3.13. The normalized spacial score (nSPS) is 14.9. The van der Waals surface area contributed by atoms with Crippen molar-refractivity contribution in [3.8, 4) is 0 Å². The lowest BCUT2D eigenvalue weighted by Gasteiger charge is -2.19. The van der Waals surface area contributed by atoms with Crippen molar-refractivity contribution in [1.82, 2.24) is 4.98 Å². The van der Waals surface area contributed by atoms with Crippen molar-refractivity contribution < 1.29 is 18.3 Å². The van der Waals surface area contributed by atoms with E-state index in [2.05, 4.69) is 10.3 Å². The quantitative estimate of drug-likeness (QED) is 0.648. The van der Waals surface area contributed by atoms with Gasteiger partial charge in [-0.3, -0.25) is 9.69 Å². The highest BCUT2D eigenvalue weighted by atomic mass is 35.5. The second-order valence-electron chi connectivity index (χ2n) is 6.68. The van der Waals surface area contributed by atoms with Crippen molar-refractivity contribution in [3.63, 3.8) is 0 Å². The molecule has 29 heavy (non-hydrogen) atoms. The molecule has 1 fully saturated rings. The summed E-state index contributed by atoms with van der Waals surface area (Å²) in [5.74, 6) is -1.26. The van der Waals surface area contributed by atoms with Crippen molar-refractivity contribution in [1.29, 1.82) is 0 Å². The Balaban J connectivity index is 1.67. The van der Waals surface area contributed by atoms with E-state index in [0.717, 1.165) is 6.07 Å². The zero-order valence-electron chi connectivity index (χ0n) is 15.3. The van der Waals surface area contributed by atoms with Crippen molar-refractivity contribution in [2.24, 2.45) is 0 Å². The first kappa shape index (κ1) is 19.2. The minimum Gasteiger partial charge on any atom is -0.447 e. The lowest BCUT2D eigenvalue weighted by Crippen LogP contribution is -2.25. The summed E-state index contributed by atoms with van der Waals surface area (Å²) in [6.07, 6.45) is -0.607. The number of amides is 1. The molecule has 0 bridgehead atoms. The molecule has 2 N–H and O–H groups in total. The van der Waals surface area contributed by atoms with E-state index in [1.165, 1.54) is 23.1 Å². The van der Waals surface area contributed by atoms with Crippen LogP contribution in [0.25, 0.3) is 10.9 Å². The number of aromatic nitrogens is 1. The molecule has 1 aliphatic rings. The highest BCUT2D eigenvalue weighted by molar-refractivity contribution is 6.31. The van der Waals surface area contributed by atoms with Crippen LogP contribution in [-0.2, 0) is 4.74 Å². The number of pyridine rings is 1. The molecule has 0 spiro atoms. The predicted molar refractivity (Wildman–Crippen MR) is 107 cm³/mol. The van der Waals surface area contributed by atoms with E-state index < -0.39 is 29.3 Å². The molecule has 1 atom stereocenters. The molecule has 1 amide bonds. The van der Waals surface area contributed by atoms with Gasteiger partial charge in [-0.2, -0.15) is 0 Å². The van der Waals surface area contributed by atoms with Crippen LogP contribution in [0, 0.1) is 11.6 Å². The number of halogens is 3. The number of carbonyl (C=O) groups is 1. The number of ether oxygens (including phenoxy) is 1. The van der Waals surface area contributed by atoms with E-state index in [-0.39, 0.29) is 29.5 Å². The number of aromatic amines is 1. The number of H-pyrrole nitrogens is 1. The van der Waals surface area contributed by atoms with Crippen molar-refractivity contribution >= 4 is 40.0 Å². The lowest BCUT2D eigenvalue weighted by atomic mass is 10.1. The van der Waals surface area contributed by atoms with Crippen LogP contribution in [0.15, 0.2) is 41.2 Å². The molecule has 6 nitrogen and oxygen atoms in total. The molecule has 1 aliphatic heterocycles. The second-order valence-corrected chi connectivity index (χ2v) is 7.09. The molecule has 0 radical (unpaired) electrons. The zero-order chi connectivity index (χ0) is 20.7. The Morgan fingerprint density at radius 2 is 2.03 bits per heavy atom. The Morgan fingerprint density at radius 1 is 1.24 bits per heavy atom. The monoisotopic (exact) mass is 419 g/mol. The van der Waals surface area contributed by atoms with Gasteiger partial charge in [0.25, 0.3) is 5.56 Å². The summed E-state index contributed by atoms with van der Waals surface area (Å²) in [4.78, 5) is 28.0. The predicted octanol–water partition coefficient (Wildman–Crippen LogP) is 4.59. The van der Waals surface area contributed by atoms with E-state index >= 15 is 0 Å². The summed E-state index contributed by atoms with van der Waals surface area (Å²) in [5.41, 5.74) is 0.434. The first-order valence-electron chi connectivity index (χ1n) is 8.86. The van der Waals surface area contributed by atoms with Crippen molar-refractivity contribution in [2.45, 2.75) is 13.0 Å². The average molecular weight is 420 g/mol. The van der Waals surface area contributed by atoms with Crippen molar-refractivity contribution in [3.05, 3.63) is 69.0 Å². The van der Waals surface area contributed by atoms with Gasteiger partial charge in [0.15, 0.2) is 5.82 Å². The van der Waals surface area contributed by atoms with Gasteiger partial charge in [-0.05, 0) is 37.3 Å². The minimum atomic E-state index is -0.631. The van der Waals surface area contributed by atoms with E-state index in [1.54, 1.807) is 19.1 Å². The van der Waals surface area contributed by atoms with Gasteiger partial charge >= 0.3 is 6.09 Å². The Labute approximate surface area is 169 Å². The smallest absolute Gasteiger partial charge is 0.414 e. The van der Waals surface area contributed by atoms with E-state index in [1.807, 2.05) is 0 Å². The molecular weight excluding hydrogens is 404 g/mol. The van der Waals surface area contributed by atoms with Crippen LogP contribution in [0.3, 0.4) is 0 Å². The molecule has 1 aromatic heterocycles. The maximum Gasteiger partial charge on any atom is 0.414 e. The number of hydrogen-bond donors (Lipinski definition) is 2. The van der Waals surface area contributed by atoms with Gasteiger partial charge in [0.1, 0.15) is 12.4 Å². The number of fused-ring (bicyclic) bond motifs is 1. The number of cyclic esters (lactones) is 1. The number of rotatable bonds is 4. The number of anilines is 2. The molecule has 0 aliphatic carbocycles. The van der Waals surface area contributed by atoms with Gasteiger partial charge in [0, 0.05) is 10.9 Å². The van der Waals surface area contributed by atoms with Crippen LogP contribution >= 0.6 is 11.6 Å². The molecular formula is C20H16ClF2N3O3. The molecule has 1 saturated heterocycles. The molecule has 3 aromatic rings. The number of nitrogens with zero attached hydrogens (tertiary/aromatic N) is 1. The van der Waals surface area contributed by atoms with E-state index in [0.29, 0.717) is 16.5 Å². The molecule has 150 valence electrons. The maximum atomic E-state index is 15.0. The fourth-order valence-corrected chi connectivity index (χ4v) is 3.47. The maximum absolute atomic E-state index is 15.0. The van der Waals surface area contributed by atoms with Gasteiger partial charge in [-0.1, -0.05) is 17.7 Å². The molecule has 2 heterocycles. The fraction of sp³-hybridized carbons (Fsp3) is 0.200. The summed E-state index contributed by atoms with van der Waals surface area (Å²) in [6, 6.07) is 8.16. The number of benzene rings is 2. The van der Waals surface area contributed by atoms with Crippen LogP contribution in [0.4, 0.5) is 25.0 Å². The summed E-state index contributed by atoms with van der Waals surface area (Å²) >= 11 is 5.83. The lowest BCUT2D eigenvalue weighted by molar-refractivity contribution is 0.181. The number of nitrogens with one attached hydrogen (secondary N) is 2. The zero-order valence-corrected chi connectivity index (χ0v) is 16.0. The Bertz CT molecular complexity index is 1180. The topological polar surface area (TPSA) is 74.4 Å². The number of hydrogen-bond acceptors (Lipinski definition) is 4. The highest BCUT2D eigenvalue weighted by Gasteiger charge is 2.27. The minimum absolute atomic E-state index is 0.0626. The van der Waals surface area contributed by atoms with Crippen LogP contribution < -0.4 is 15.8 Å². The number of carbonyl (C=O) groups excluding carboxylic acids is 1. The second kappa shape index (κ2) is 7.36. The van der Waals surface area contributed by atoms with Gasteiger partial charge in [-0.15, -0.1) is 0 Å². The largest absolute Gasteiger partial charge is 0.447 e. The van der Waals surface area contributed by atoms with Gasteiger partial charge < -0.3 is 15.0 Å². The Kier molecular flexibility index (Phi) is 4.87. The third-order valence-electron chi connectivity index (χ3n) is 4.78. The fourth-order valence-electron chi connectivity index (χ4n) is 3.30.